The lowest BCUT2D eigenvalue weighted by atomic mass is 9.89. The molecule has 0 spiro atoms. The lowest BCUT2D eigenvalue weighted by Gasteiger charge is -2.35. The van der Waals surface area contributed by atoms with Gasteiger partial charge in [-0.1, -0.05) is 0 Å². The van der Waals surface area contributed by atoms with E-state index in [0.717, 1.165) is 18.5 Å². The fourth-order valence-corrected chi connectivity index (χ4v) is 2.77. The Labute approximate surface area is 140 Å². The van der Waals surface area contributed by atoms with Crippen LogP contribution in [0.15, 0.2) is 36.9 Å². The van der Waals surface area contributed by atoms with E-state index in [2.05, 4.69) is 20.3 Å². The molecule has 2 aromatic heterocycles. The Kier molecular flexibility index (Phi) is 5.00. The predicted molar refractivity (Wildman–Crippen MR) is 86.5 cm³/mol. The Balaban J connectivity index is 1.63. The quantitative estimate of drug-likeness (QED) is 0.877. The number of carbonyl (C=O) groups is 1. The van der Waals surface area contributed by atoms with Crippen LogP contribution in [-0.2, 0) is 0 Å². The highest BCUT2D eigenvalue weighted by molar-refractivity contribution is 5.92. The standard InChI is InChI=1S/C17H20N4O3/c1-11-8-20-14(10-19-11)17(23)21-13-5-2-6-15(16(13)22)24-12-4-3-7-18-9-12/h3-4,7-10,13,15-16,22H,2,5-6H2,1H3,(H,21,23)/t13-,15-,16-/m1/s1. The second-order valence-electron chi connectivity index (χ2n) is 5.89. The van der Waals surface area contributed by atoms with Crippen LogP contribution in [-0.4, -0.2) is 44.2 Å². The summed E-state index contributed by atoms with van der Waals surface area (Å²) in [5.41, 5.74) is 0.984. The van der Waals surface area contributed by atoms with Crippen molar-refractivity contribution in [2.45, 2.75) is 44.4 Å². The average Bonchev–Trinajstić information content (AvgIpc) is 2.60. The summed E-state index contributed by atoms with van der Waals surface area (Å²) in [6, 6.07) is 3.19. The number of amides is 1. The summed E-state index contributed by atoms with van der Waals surface area (Å²) in [4.78, 5) is 24.4. The first-order valence-corrected chi connectivity index (χ1v) is 7.98. The Bertz CT molecular complexity index is 678. The molecule has 2 heterocycles. The Hall–Kier alpha value is -2.54. The monoisotopic (exact) mass is 328 g/mol. The molecule has 1 aliphatic carbocycles. The van der Waals surface area contributed by atoms with E-state index in [1.807, 2.05) is 0 Å². The molecule has 0 radical (unpaired) electrons. The van der Waals surface area contributed by atoms with Gasteiger partial charge in [0.15, 0.2) is 0 Å². The van der Waals surface area contributed by atoms with Crippen LogP contribution in [0.1, 0.15) is 35.4 Å². The summed E-state index contributed by atoms with van der Waals surface area (Å²) in [6.07, 6.45) is 7.35. The Morgan fingerprint density at radius 1 is 1.29 bits per heavy atom. The largest absolute Gasteiger partial charge is 0.486 e. The number of nitrogens with zero attached hydrogens (tertiary/aromatic N) is 3. The van der Waals surface area contributed by atoms with Gasteiger partial charge in [0.2, 0.25) is 0 Å². The molecule has 0 aliphatic heterocycles. The number of hydrogen-bond donors (Lipinski definition) is 2. The highest BCUT2D eigenvalue weighted by Crippen LogP contribution is 2.24. The zero-order valence-corrected chi connectivity index (χ0v) is 13.4. The zero-order valence-electron chi connectivity index (χ0n) is 13.4. The Morgan fingerprint density at radius 2 is 2.17 bits per heavy atom. The number of nitrogens with one attached hydrogen (secondary N) is 1. The second kappa shape index (κ2) is 7.35. The van der Waals surface area contributed by atoms with Crippen LogP contribution >= 0.6 is 0 Å². The number of aromatic nitrogens is 3. The van der Waals surface area contributed by atoms with Gasteiger partial charge in [-0.2, -0.15) is 0 Å². The van der Waals surface area contributed by atoms with E-state index in [9.17, 15) is 9.90 Å². The van der Waals surface area contributed by atoms with E-state index >= 15 is 0 Å². The summed E-state index contributed by atoms with van der Waals surface area (Å²) in [5, 5.41) is 13.4. The number of pyridine rings is 1. The van der Waals surface area contributed by atoms with E-state index in [0.29, 0.717) is 12.2 Å². The van der Waals surface area contributed by atoms with Gasteiger partial charge in [0.1, 0.15) is 23.7 Å². The minimum atomic E-state index is -0.790. The molecule has 1 amide bonds. The van der Waals surface area contributed by atoms with Gasteiger partial charge in [0.05, 0.1) is 24.1 Å². The fourth-order valence-electron chi connectivity index (χ4n) is 2.77. The van der Waals surface area contributed by atoms with E-state index in [-0.39, 0.29) is 23.7 Å². The van der Waals surface area contributed by atoms with Crippen molar-refractivity contribution in [2.75, 3.05) is 0 Å². The van der Waals surface area contributed by atoms with Crippen molar-refractivity contribution in [3.8, 4) is 5.75 Å². The maximum Gasteiger partial charge on any atom is 0.271 e. The van der Waals surface area contributed by atoms with Gasteiger partial charge in [-0.15, -0.1) is 0 Å². The second-order valence-corrected chi connectivity index (χ2v) is 5.89. The topological polar surface area (TPSA) is 97.2 Å². The molecular weight excluding hydrogens is 308 g/mol. The summed E-state index contributed by atoms with van der Waals surface area (Å²) in [7, 11) is 0. The molecule has 0 aromatic carbocycles. The van der Waals surface area contributed by atoms with Crippen molar-refractivity contribution in [1.29, 1.82) is 0 Å². The lowest BCUT2D eigenvalue weighted by molar-refractivity contribution is -0.0142. The number of rotatable bonds is 4. The number of carbonyl (C=O) groups excluding carboxylic acids is 1. The normalized spacial score (nSPS) is 23.5. The molecule has 0 unspecified atom stereocenters. The summed E-state index contributed by atoms with van der Waals surface area (Å²) in [5.74, 6) is 0.270. The number of aryl methyl sites for hydroxylation is 1. The summed E-state index contributed by atoms with van der Waals surface area (Å²) >= 11 is 0. The molecule has 24 heavy (non-hydrogen) atoms. The van der Waals surface area contributed by atoms with Crippen molar-refractivity contribution >= 4 is 5.91 Å². The highest BCUT2D eigenvalue weighted by Gasteiger charge is 2.34. The molecule has 1 aliphatic rings. The van der Waals surface area contributed by atoms with Gasteiger partial charge < -0.3 is 15.2 Å². The minimum absolute atomic E-state index is 0.239. The SMILES string of the molecule is Cc1cnc(C(=O)N[C@@H]2CCC[C@@H](Oc3cccnc3)[C@@H]2O)cn1. The molecule has 1 fully saturated rings. The van der Waals surface area contributed by atoms with E-state index < -0.39 is 6.10 Å². The van der Waals surface area contributed by atoms with Gasteiger partial charge >= 0.3 is 0 Å². The van der Waals surface area contributed by atoms with Crippen LogP contribution in [0.4, 0.5) is 0 Å². The van der Waals surface area contributed by atoms with Crippen molar-refractivity contribution in [2.24, 2.45) is 0 Å². The third-order valence-corrected chi connectivity index (χ3v) is 4.05. The van der Waals surface area contributed by atoms with Gasteiger partial charge in [-0.3, -0.25) is 14.8 Å². The van der Waals surface area contributed by atoms with Crippen LogP contribution < -0.4 is 10.1 Å². The van der Waals surface area contributed by atoms with Crippen LogP contribution in [0.25, 0.3) is 0 Å². The first-order chi connectivity index (χ1) is 11.6. The third kappa shape index (κ3) is 3.86. The number of hydrogen-bond acceptors (Lipinski definition) is 6. The highest BCUT2D eigenvalue weighted by atomic mass is 16.5. The van der Waals surface area contributed by atoms with Crippen molar-refractivity contribution < 1.29 is 14.6 Å². The molecular formula is C17H20N4O3. The summed E-state index contributed by atoms with van der Waals surface area (Å²) < 4.78 is 5.81. The van der Waals surface area contributed by atoms with Crippen LogP contribution in [0.2, 0.25) is 0 Å². The Morgan fingerprint density at radius 3 is 2.88 bits per heavy atom. The smallest absolute Gasteiger partial charge is 0.271 e. The zero-order chi connectivity index (χ0) is 16.9. The molecule has 0 saturated heterocycles. The predicted octanol–water partition coefficient (Wildman–Crippen LogP) is 1.27. The maximum atomic E-state index is 12.3. The first-order valence-electron chi connectivity index (χ1n) is 7.98. The van der Waals surface area contributed by atoms with Crippen LogP contribution in [0.3, 0.4) is 0 Å². The molecule has 126 valence electrons. The van der Waals surface area contributed by atoms with Crippen molar-refractivity contribution in [3.05, 3.63) is 48.3 Å². The van der Waals surface area contributed by atoms with E-state index in [4.69, 9.17) is 4.74 Å². The van der Waals surface area contributed by atoms with Gasteiger partial charge in [0.25, 0.3) is 5.91 Å². The molecule has 2 aromatic rings. The van der Waals surface area contributed by atoms with Crippen LogP contribution in [0, 0.1) is 6.92 Å². The minimum Gasteiger partial charge on any atom is -0.486 e. The molecule has 3 atom stereocenters. The number of aliphatic hydroxyl groups excluding tert-OH is 1. The van der Waals surface area contributed by atoms with Crippen molar-refractivity contribution in [1.82, 2.24) is 20.3 Å². The van der Waals surface area contributed by atoms with Crippen LogP contribution in [0.5, 0.6) is 5.75 Å². The fraction of sp³-hybridized carbons (Fsp3) is 0.412. The molecule has 3 rings (SSSR count). The summed E-state index contributed by atoms with van der Waals surface area (Å²) in [6.45, 7) is 1.81. The molecule has 7 heteroatoms. The van der Waals surface area contributed by atoms with Gasteiger partial charge in [0, 0.05) is 12.4 Å². The molecule has 7 nitrogen and oxygen atoms in total. The third-order valence-electron chi connectivity index (χ3n) is 4.05. The molecule has 1 saturated carbocycles. The van der Waals surface area contributed by atoms with Gasteiger partial charge in [-0.25, -0.2) is 4.98 Å². The van der Waals surface area contributed by atoms with Crippen molar-refractivity contribution in [3.63, 3.8) is 0 Å². The average molecular weight is 328 g/mol. The first kappa shape index (κ1) is 16.3. The number of ether oxygens (including phenoxy) is 1. The van der Waals surface area contributed by atoms with E-state index in [1.165, 1.54) is 6.20 Å². The lowest BCUT2D eigenvalue weighted by Crippen LogP contribution is -2.52. The number of aliphatic hydroxyl groups is 1. The van der Waals surface area contributed by atoms with Gasteiger partial charge in [-0.05, 0) is 38.3 Å². The van der Waals surface area contributed by atoms with E-state index in [1.54, 1.807) is 37.6 Å². The maximum absolute atomic E-state index is 12.3. The molecule has 2 N–H and O–H groups in total. The molecule has 0 bridgehead atoms.